The van der Waals surface area contributed by atoms with Gasteiger partial charge in [-0.1, -0.05) is 24.3 Å². The van der Waals surface area contributed by atoms with Gasteiger partial charge in [0.2, 0.25) is 5.89 Å². The van der Waals surface area contributed by atoms with E-state index in [4.69, 9.17) is 15.3 Å². The highest BCUT2D eigenvalue weighted by molar-refractivity contribution is 5.92. The third-order valence-electron chi connectivity index (χ3n) is 3.94. The molecule has 1 aliphatic carbocycles. The molecule has 1 aromatic heterocycles. The van der Waals surface area contributed by atoms with Crippen LogP contribution < -0.4 is 11.1 Å². The number of fused-ring (bicyclic) bond motifs is 1. The fourth-order valence-corrected chi connectivity index (χ4v) is 2.78. The van der Waals surface area contributed by atoms with Crippen molar-refractivity contribution < 1.29 is 14.3 Å². The number of aliphatic hydroxyl groups is 1. The molecule has 1 aliphatic rings. The van der Waals surface area contributed by atoms with Gasteiger partial charge in [-0.25, -0.2) is 4.98 Å². The summed E-state index contributed by atoms with van der Waals surface area (Å²) in [4.78, 5) is 16.3. The Morgan fingerprint density at radius 3 is 3.14 bits per heavy atom. The van der Waals surface area contributed by atoms with Gasteiger partial charge in [0.25, 0.3) is 5.91 Å². The van der Waals surface area contributed by atoms with Crippen molar-refractivity contribution in [3.63, 3.8) is 0 Å². The molecule has 22 heavy (non-hydrogen) atoms. The summed E-state index contributed by atoms with van der Waals surface area (Å²) in [5.74, 6) is -0.126. The van der Waals surface area contributed by atoms with Gasteiger partial charge in [0.1, 0.15) is 12.3 Å². The molecule has 0 radical (unpaired) electrons. The lowest BCUT2D eigenvalue weighted by Crippen LogP contribution is -2.31. The van der Waals surface area contributed by atoms with Crippen LogP contribution in [0.4, 0.5) is 0 Å². The number of oxazole rings is 1. The molecule has 1 amide bonds. The molecule has 2 aromatic rings. The maximum absolute atomic E-state index is 12.3. The number of hydrogen-bond acceptors (Lipinski definition) is 5. The van der Waals surface area contributed by atoms with Crippen LogP contribution >= 0.6 is 0 Å². The Bertz CT molecular complexity index is 668. The number of carbonyl (C=O) groups is 1. The molecule has 3 rings (SSSR count). The van der Waals surface area contributed by atoms with E-state index >= 15 is 0 Å². The number of aromatic nitrogens is 1. The van der Waals surface area contributed by atoms with E-state index in [0.29, 0.717) is 0 Å². The monoisotopic (exact) mass is 301 g/mol. The van der Waals surface area contributed by atoms with E-state index in [9.17, 15) is 4.79 Å². The number of aryl methyl sites for hydroxylation is 1. The third-order valence-corrected chi connectivity index (χ3v) is 3.94. The van der Waals surface area contributed by atoms with Crippen molar-refractivity contribution in [1.29, 1.82) is 0 Å². The van der Waals surface area contributed by atoms with Crippen LogP contribution in [0, 0.1) is 0 Å². The first-order valence-corrected chi connectivity index (χ1v) is 7.39. The number of nitrogens with one attached hydrogen (secondary N) is 1. The van der Waals surface area contributed by atoms with Crippen LogP contribution in [-0.4, -0.2) is 22.6 Å². The molecular formula is C16H19N3O3. The number of amides is 1. The highest BCUT2D eigenvalue weighted by Crippen LogP contribution is 2.29. The van der Waals surface area contributed by atoms with Crippen molar-refractivity contribution in [2.24, 2.45) is 5.73 Å². The van der Waals surface area contributed by atoms with Crippen LogP contribution in [0.2, 0.25) is 0 Å². The summed E-state index contributed by atoms with van der Waals surface area (Å²) in [6, 6.07) is 7.43. The Kier molecular flexibility index (Phi) is 4.22. The first-order chi connectivity index (χ1) is 10.7. The van der Waals surface area contributed by atoms with Crippen LogP contribution in [0.5, 0.6) is 0 Å². The molecule has 6 heteroatoms. The molecule has 0 spiro atoms. The number of nitrogens with two attached hydrogens (primary N) is 1. The molecule has 1 aromatic carbocycles. The molecule has 4 N–H and O–H groups in total. The SMILES string of the molecule is NC(CO)c1nc(C(=O)NC2CCCc3ccccc32)co1. The second-order valence-electron chi connectivity index (χ2n) is 5.48. The second kappa shape index (κ2) is 6.29. The maximum atomic E-state index is 12.3. The lowest BCUT2D eigenvalue weighted by Gasteiger charge is -2.25. The predicted molar refractivity (Wildman–Crippen MR) is 80.1 cm³/mol. The summed E-state index contributed by atoms with van der Waals surface area (Å²) in [5, 5.41) is 12.0. The minimum absolute atomic E-state index is 0.0101. The van der Waals surface area contributed by atoms with Crippen LogP contribution in [0.15, 0.2) is 34.9 Å². The molecule has 6 nitrogen and oxygen atoms in total. The molecular weight excluding hydrogens is 282 g/mol. The molecule has 0 aliphatic heterocycles. The average Bonchev–Trinajstić information content (AvgIpc) is 3.04. The van der Waals surface area contributed by atoms with E-state index in [1.165, 1.54) is 11.8 Å². The standard InChI is InChI=1S/C16H19N3O3/c17-12(8-20)16-19-14(9-22-16)15(21)18-13-7-3-5-10-4-1-2-6-11(10)13/h1-2,4,6,9,12-13,20H,3,5,7-8,17H2,(H,18,21). The van der Waals surface area contributed by atoms with Crippen molar-refractivity contribution >= 4 is 5.91 Å². The van der Waals surface area contributed by atoms with E-state index in [2.05, 4.69) is 22.4 Å². The third kappa shape index (κ3) is 2.88. The smallest absolute Gasteiger partial charge is 0.273 e. The minimum atomic E-state index is -0.711. The summed E-state index contributed by atoms with van der Waals surface area (Å²) in [7, 11) is 0. The second-order valence-corrected chi connectivity index (χ2v) is 5.48. The summed E-state index contributed by atoms with van der Waals surface area (Å²) in [5.41, 5.74) is 8.24. The van der Waals surface area contributed by atoms with E-state index in [1.807, 2.05) is 12.1 Å². The molecule has 2 unspecified atom stereocenters. The summed E-state index contributed by atoms with van der Waals surface area (Å²) >= 11 is 0. The summed E-state index contributed by atoms with van der Waals surface area (Å²) < 4.78 is 5.14. The van der Waals surface area contributed by atoms with Gasteiger partial charge in [0, 0.05) is 0 Å². The van der Waals surface area contributed by atoms with Gasteiger partial charge in [0.15, 0.2) is 5.69 Å². The fourth-order valence-electron chi connectivity index (χ4n) is 2.78. The Morgan fingerprint density at radius 1 is 1.50 bits per heavy atom. The quantitative estimate of drug-likeness (QED) is 0.794. The Morgan fingerprint density at radius 2 is 2.32 bits per heavy atom. The van der Waals surface area contributed by atoms with E-state index in [-0.39, 0.29) is 30.1 Å². The van der Waals surface area contributed by atoms with E-state index in [0.717, 1.165) is 24.8 Å². The van der Waals surface area contributed by atoms with Crippen LogP contribution in [0.1, 0.15) is 52.4 Å². The summed E-state index contributed by atoms with van der Waals surface area (Å²) in [6.07, 6.45) is 4.27. The lowest BCUT2D eigenvalue weighted by molar-refractivity contribution is 0.0927. The number of aliphatic hydroxyl groups excluding tert-OH is 1. The number of nitrogens with zero attached hydrogens (tertiary/aromatic N) is 1. The predicted octanol–water partition coefficient (Wildman–Crippen LogP) is 1.47. The Labute approximate surface area is 128 Å². The van der Waals surface area contributed by atoms with Crippen molar-refractivity contribution in [2.75, 3.05) is 6.61 Å². The highest BCUT2D eigenvalue weighted by atomic mass is 16.3. The number of hydrogen-bond donors (Lipinski definition) is 3. The topological polar surface area (TPSA) is 101 Å². The maximum Gasteiger partial charge on any atom is 0.273 e. The average molecular weight is 301 g/mol. The van der Waals surface area contributed by atoms with Crippen molar-refractivity contribution in [1.82, 2.24) is 10.3 Å². The molecule has 2 atom stereocenters. The van der Waals surface area contributed by atoms with Crippen molar-refractivity contribution in [2.45, 2.75) is 31.3 Å². The van der Waals surface area contributed by atoms with Gasteiger partial charge in [0.05, 0.1) is 12.6 Å². The molecule has 0 saturated heterocycles. The van der Waals surface area contributed by atoms with Gasteiger partial charge in [-0.2, -0.15) is 0 Å². The van der Waals surface area contributed by atoms with E-state index < -0.39 is 6.04 Å². The zero-order valence-corrected chi connectivity index (χ0v) is 12.2. The number of carbonyl (C=O) groups excluding carboxylic acids is 1. The van der Waals surface area contributed by atoms with Gasteiger partial charge < -0.3 is 20.6 Å². The van der Waals surface area contributed by atoms with Gasteiger partial charge in [-0.3, -0.25) is 4.79 Å². The van der Waals surface area contributed by atoms with Gasteiger partial charge in [-0.15, -0.1) is 0 Å². The van der Waals surface area contributed by atoms with Crippen molar-refractivity contribution in [3.05, 3.63) is 53.2 Å². The number of benzene rings is 1. The largest absolute Gasteiger partial charge is 0.446 e. The Hall–Kier alpha value is -2.18. The minimum Gasteiger partial charge on any atom is -0.446 e. The molecule has 1 heterocycles. The van der Waals surface area contributed by atoms with Gasteiger partial charge in [-0.05, 0) is 30.4 Å². The first kappa shape index (κ1) is 14.7. The fraction of sp³-hybridized carbons (Fsp3) is 0.375. The molecule has 0 bridgehead atoms. The highest BCUT2D eigenvalue weighted by Gasteiger charge is 2.23. The summed E-state index contributed by atoms with van der Waals surface area (Å²) in [6.45, 7) is -0.280. The zero-order valence-electron chi connectivity index (χ0n) is 12.2. The molecule has 0 saturated carbocycles. The van der Waals surface area contributed by atoms with Crippen LogP contribution in [0.3, 0.4) is 0 Å². The van der Waals surface area contributed by atoms with Crippen LogP contribution in [-0.2, 0) is 6.42 Å². The normalized spacial score (nSPS) is 18.5. The molecule has 0 fully saturated rings. The first-order valence-electron chi connectivity index (χ1n) is 7.39. The van der Waals surface area contributed by atoms with E-state index in [1.54, 1.807) is 0 Å². The zero-order chi connectivity index (χ0) is 15.5. The lowest BCUT2D eigenvalue weighted by atomic mass is 9.88. The van der Waals surface area contributed by atoms with Crippen molar-refractivity contribution in [3.8, 4) is 0 Å². The Balaban J connectivity index is 1.74. The van der Waals surface area contributed by atoms with Crippen LogP contribution in [0.25, 0.3) is 0 Å². The number of rotatable bonds is 4. The molecule has 116 valence electrons. The van der Waals surface area contributed by atoms with Gasteiger partial charge >= 0.3 is 0 Å².